The van der Waals surface area contributed by atoms with Crippen LogP contribution in [0.3, 0.4) is 0 Å². The van der Waals surface area contributed by atoms with Gasteiger partial charge < -0.3 is 9.84 Å². The molecular weight excluding hydrogens is 290 g/mol. The summed E-state index contributed by atoms with van der Waals surface area (Å²) in [6.07, 6.45) is 1.77. The zero-order valence-corrected chi connectivity index (χ0v) is 13.2. The molecule has 1 saturated carbocycles. The number of hydrogen-bond donors (Lipinski definition) is 2. The number of hydrogen-bond acceptors (Lipinski definition) is 3. The number of aliphatic carboxylic acids is 1. The predicted molar refractivity (Wildman–Crippen MR) is 88.6 cm³/mol. The van der Waals surface area contributed by atoms with Gasteiger partial charge in [0.15, 0.2) is 0 Å². The Labute approximate surface area is 136 Å². The van der Waals surface area contributed by atoms with E-state index in [1.807, 2.05) is 54.6 Å². The van der Waals surface area contributed by atoms with Crippen molar-refractivity contribution in [2.24, 2.45) is 0 Å². The molecule has 0 spiro atoms. The highest BCUT2D eigenvalue weighted by molar-refractivity contribution is 5.77. The quantitative estimate of drug-likeness (QED) is 0.825. The van der Waals surface area contributed by atoms with E-state index >= 15 is 0 Å². The third kappa shape index (κ3) is 3.22. The van der Waals surface area contributed by atoms with Crippen molar-refractivity contribution < 1.29 is 14.6 Å². The van der Waals surface area contributed by atoms with Crippen LogP contribution in [0.5, 0.6) is 5.75 Å². The molecule has 1 aliphatic carbocycles. The number of carboxylic acids is 1. The summed E-state index contributed by atoms with van der Waals surface area (Å²) in [5.74, 6) is -0.0112. The lowest BCUT2D eigenvalue weighted by atomic mass is 9.87. The molecule has 1 unspecified atom stereocenters. The van der Waals surface area contributed by atoms with Crippen LogP contribution in [-0.4, -0.2) is 24.2 Å². The van der Waals surface area contributed by atoms with Crippen LogP contribution in [0.2, 0.25) is 0 Å². The van der Waals surface area contributed by atoms with Gasteiger partial charge in [-0.3, -0.25) is 10.1 Å². The fraction of sp³-hybridized carbons (Fsp3) is 0.316. The van der Waals surface area contributed by atoms with Crippen LogP contribution in [0.25, 0.3) is 0 Å². The van der Waals surface area contributed by atoms with Crippen LogP contribution < -0.4 is 10.1 Å². The first-order valence-corrected chi connectivity index (χ1v) is 7.80. The number of nitrogens with one attached hydrogen (secondary N) is 1. The zero-order chi connectivity index (χ0) is 16.3. The van der Waals surface area contributed by atoms with E-state index < -0.39 is 12.0 Å². The molecule has 4 heteroatoms. The average Bonchev–Trinajstić information content (AvgIpc) is 3.37. The van der Waals surface area contributed by atoms with Gasteiger partial charge in [-0.25, -0.2) is 0 Å². The standard InChI is InChI=1S/C19H21NO3/c1-23-16-9-7-15(8-10-16)19(11-12-19)17(18(21)22)20-13-14-5-3-2-4-6-14/h2-10,17,20H,11-13H2,1H3,(H,21,22). The molecule has 2 N–H and O–H groups in total. The average molecular weight is 311 g/mol. The molecule has 2 aromatic carbocycles. The minimum absolute atomic E-state index is 0.313. The number of rotatable bonds is 7. The lowest BCUT2D eigenvalue weighted by molar-refractivity contribution is -0.140. The highest BCUT2D eigenvalue weighted by Crippen LogP contribution is 2.51. The number of methoxy groups -OCH3 is 1. The van der Waals surface area contributed by atoms with Gasteiger partial charge in [0.25, 0.3) is 0 Å². The molecule has 0 radical (unpaired) electrons. The third-order valence-electron chi connectivity index (χ3n) is 4.61. The molecule has 2 aromatic rings. The zero-order valence-electron chi connectivity index (χ0n) is 13.2. The first kappa shape index (κ1) is 15.6. The Balaban J connectivity index is 1.78. The molecule has 0 heterocycles. The van der Waals surface area contributed by atoms with Gasteiger partial charge in [0.05, 0.1) is 7.11 Å². The summed E-state index contributed by atoms with van der Waals surface area (Å²) in [5.41, 5.74) is 1.84. The SMILES string of the molecule is COc1ccc(C2(C(NCc3ccccc3)C(=O)O)CC2)cc1. The highest BCUT2D eigenvalue weighted by atomic mass is 16.5. The van der Waals surface area contributed by atoms with Gasteiger partial charge in [-0.2, -0.15) is 0 Å². The largest absolute Gasteiger partial charge is 0.497 e. The van der Waals surface area contributed by atoms with E-state index in [1.54, 1.807) is 7.11 Å². The van der Waals surface area contributed by atoms with Gasteiger partial charge in [-0.1, -0.05) is 42.5 Å². The number of carbonyl (C=O) groups is 1. The fourth-order valence-electron chi connectivity index (χ4n) is 3.14. The summed E-state index contributed by atoms with van der Waals surface area (Å²) in [6.45, 7) is 0.551. The second kappa shape index (κ2) is 6.42. The Bertz CT molecular complexity index is 663. The Hall–Kier alpha value is -2.33. The smallest absolute Gasteiger partial charge is 0.321 e. The maximum atomic E-state index is 11.8. The maximum Gasteiger partial charge on any atom is 0.321 e. The van der Waals surface area contributed by atoms with Crippen molar-refractivity contribution in [3.63, 3.8) is 0 Å². The van der Waals surface area contributed by atoms with Crippen molar-refractivity contribution in [3.05, 3.63) is 65.7 Å². The second-order valence-corrected chi connectivity index (χ2v) is 6.02. The lowest BCUT2D eigenvalue weighted by Crippen LogP contribution is -2.45. The molecule has 0 aliphatic heterocycles. The number of ether oxygens (including phenoxy) is 1. The van der Waals surface area contributed by atoms with Crippen LogP contribution >= 0.6 is 0 Å². The highest BCUT2D eigenvalue weighted by Gasteiger charge is 2.53. The summed E-state index contributed by atoms with van der Waals surface area (Å²) in [6, 6.07) is 17.0. The van der Waals surface area contributed by atoms with Gasteiger partial charge in [0.2, 0.25) is 0 Å². The predicted octanol–water partition coefficient (Wildman–Crippen LogP) is 2.97. The molecule has 120 valence electrons. The summed E-state index contributed by atoms with van der Waals surface area (Å²) in [7, 11) is 1.63. The van der Waals surface area contributed by atoms with Crippen molar-refractivity contribution in [3.8, 4) is 5.75 Å². The topological polar surface area (TPSA) is 58.6 Å². The van der Waals surface area contributed by atoms with Crippen molar-refractivity contribution in [2.75, 3.05) is 7.11 Å². The monoisotopic (exact) mass is 311 g/mol. The van der Waals surface area contributed by atoms with E-state index in [9.17, 15) is 9.90 Å². The van der Waals surface area contributed by atoms with Gasteiger partial charge in [-0.15, -0.1) is 0 Å². The van der Waals surface area contributed by atoms with Crippen LogP contribution in [-0.2, 0) is 16.8 Å². The molecular formula is C19H21NO3. The Kier molecular flexibility index (Phi) is 4.35. The Morgan fingerprint density at radius 1 is 1.17 bits per heavy atom. The van der Waals surface area contributed by atoms with Gasteiger partial charge in [0, 0.05) is 12.0 Å². The minimum atomic E-state index is -0.797. The number of benzene rings is 2. The van der Waals surface area contributed by atoms with Crippen molar-refractivity contribution in [1.82, 2.24) is 5.32 Å². The lowest BCUT2D eigenvalue weighted by Gasteiger charge is -2.25. The summed E-state index contributed by atoms with van der Waals surface area (Å²) < 4.78 is 5.18. The van der Waals surface area contributed by atoms with Crippen LogP contribution in [0.15, 0.2) is 54.6 Å². The molecule has 3 rings (SSSR count). The summed E-state index contributed by atoms with van der Waals surface area (Å²) in [4.78, 5) is 11.8. The molecule has 4 nitrogen and oxygen atoms in total. The molecule has 1 aliphatic rings. The first-order chi connectivity index (χ1) is 11.2. The third-order valence-corrected chi connectivity index (χ3v) is 4.61. The Morgan fingerprint density at radius 2 is 1.83 bits per heavy atom. The van der Waals surface area contributed by atoms with E-state index in [0.29, 0.717) is 6.54 Å². The number of carboxylic acid groups (broad SMARTS) is 1. The van der Waals surface area contributed by atoms with Crippen LogP contribution in [0.4, 0.5) is 0 Å². The molecule has 0 amide bonds. The van der Waals surface area contributed by atoms with Crippen LogP contribution in [0.1, 0.15) is 24.0 Å². The van der Waals surface area contributed by atoms with E-state index in [1.165, 1.54) is 0 Å². The second-order valence-electron chi connectivity index (χ2n) is 6.02. The molecule has 0 saturated heterocycles. The molecule has 0 bridgehead atoms. The fourth-order valence-corrected chi connectivity index (χ4v) is 3.14. The van der Waals surface area contributed by atoms with Crippen LogP contribution in [0, 0.1) is 0 Å². The van der Waals surface area contributed by atoms with E-state index in [4.69, 9.17) is 4.74 Å². The Morgan fingerprint density at radius 3 is 2.35 bits per heavy atom. The molecule has 23 heavy (non-hydrogen) atoms. The van der Waals surface area contributed by atoms with E-state index in [0.717, 1.165) is 29.7 Å². The van der Waals surface area contributed by atoms with E-state index in [-0.39, 0.29) is 5.41 Å². The first-order valence-electron chi connectivity index (χ1n) is 7.80. The van der Waals surface area contributed by atoms with Crippen molar-refractivity contribution >= 4 is 5.97 Å². The molecule has 1 fully saturated rings. The van der Waals surface area contributed by atoms with Gasteiger partial charge in [0.1, 0.15) is 11.8 Å². The van der Waals surface area contributed by atoms with E-state index in [2.05, 4.69) is 5.32 Å². The minimum Gasteiger partial charge on any atom is -0.497 e. The van der Waals surface area contributed by atoms with Gasteiger partial charge >= 0.3 is 5.97 Å². The molecule has 0 aromatic heterocycles. The van der Waals surface area contributed by atoms with Crippen molar-refractivity contribution in [2.45, 2.75) is 30.8 Å². The van der Waals surface area contributed by atoms with Gasteiger partial charge in [-0.05, 0) is 36.1 Å². The van der Waals surface area contributed by atoms with Crippen molar-refractivity contribution in [1.29, 1.82) is 0 Å². The molecule has 1 atom stereocenters. The summed E-state index contributed by atoms with van der Waals surface area (Å²) in [5, 5.41) is 12.9. The normalized spacial score (nSPS) is 16.6. The summed E-state index contributed by atoms with van der Waals surface area (Å²) >= 11 is 0. The maximum absolute atomic E-state index is 11.8.